The molecule has 0 amide bonds. The lowest BCUT2D eigenvalue weighted by molar-refractivity contribution is 0.208. The summed E-state index contributed by atoms with van der Waals surface area (Å²) in [5.74, 6) is 1.06. The van der Waals surface area contributed by atoms with Crippen LogP contribution < -0.4 is 5.32 Å². The number of phenolic OH excluding ortho intramolecular Hbond substituents is 1. The first-order valence-corrected chi connectivity index (χ1v) is 8.17. The number of hydrogen-bond donors (Lipinski definition) is 2. The highest BCUT2D eigenvalue weighted by Crippen LogP contribution is 2.18. The molecule has 1 aromatic carbocycles. The van der Waals surface area contributed by atoms with E-state index in [0.717, 1.165) is 55.4 Å². The van der Waals surface area contributed by atoms with Crippen molar-refractivity contribution in [1.82, 2.24) is 14.9 Å². The molecule has 5 heteroatoms. The Kier molecular flexibility index (Phi) is 4.76. The topological polar surface area (TPSA) is 61.3 Å². The van der Waals surface area contributed by atoms with Crippen LogP contribution in [-0.4, -0.2) is 39.1 Å². The van der Waals surface area contributed by atoms with Gasteiger partial charge in [-0.2, -0.15) is 0 Å². The minimum atomic E-state index is 0.331. The molecule has 0 spiro atoms. The summed E-state index contributed by atoms with van der Waals surface area (Å²) >= 11 is 0. The van der Waals surface area contributed by atoms with Gasteiger partial charge in [-0.1, -0.05) is 12.1 Å². The Bertz CT molecular complexity index is 654. The maximum absolute atomic E-state index is 9.59. The number of rotatable bonds is 4. The zero-order valence-electron chi connectivity index (χ0n) is 13.8. The van der Waals surface area contributed by atoms with Crippen LogP contribution >= 0.6 is 0 Å². The summed E-state index contributed by atoms with van der Waals surface area (Å²) in [7, 11) is 0. The van der Waals surface area contributed by atoms with Gasteiger partial charge in [-0.3, -0.25) is 4.90 Å². The lowest BCUT2D eigenvalue weighted by Crippen LogP contribution is -2.41. The van der Waals surface area contributed by atoms with E-state index < -0.39 is 0 Å². The first-order chi connectivity index (χ1) is 11.1. The molecule has 0 bridgehead atoms. The van der Waals surface area contributed by atoms with Crippen LogP contribution in [-0.2, 0) is 6.54 Å². The minimum Gasteiger partial charge on any atom is -0.508 e. The van der Waals surface area contributed by atoms with Crippen LogP contribution in [0.15, 0.2) is 30.3 Å². The van der Waals surface area contributed by atoms with Crippen LogP contribution in [0.25, 0.3) is 0 Å². The van der Waals surface area contributed by atoms with Crippen LogP contribution in [0.5, 0.6) is 5.75 Å². The molecule has 1 atom stereocenters. The minimum absolute atomic E-state index is 0.331. The first-order valence-electron chi connectivity index (χ1n) is 8.17. The van der Waals surface area contributed by atoms with E-state index in [2.05, 4.69) is 26.3 Å². The predicted molar refractivity (Wildman–Crippen MR) is 91.5 cm³/mol. The highest BCUT2D eigenvalue weighted by atomic mass is 16.3. The number of aromatic hydroxyl groups is 1. The highest BCUT2D eigenvalue weighted by molar-refractivity contribution is 5.30. The largest absolute Gasteiger partial charge is 0.508 e. The van der Waals surface area contributed by atoms with Gasteiger partial charge >= 0.3 is 0 Å². The number of piperidine rings is 1. The van der Waals surface area contributed by atoms with Gasteiger partial charge in [0.15, 0.2) is 0 Å². The summed E-state index contributed by atoms with van der Waals surface area (Å²) in [6, 6.07) is 9.85. The molecule has 5 nitrogen and oxygen atoms in total. The zero-order valence-corrected chi connectivity index (χ0v) is 13.8. The van der Waals surface area contributed by atoms with Crippen molar-refractivity contribution in [1.29, 1.82) is 0 Å². The maximum atomic E-state index is 9.59. The van der Waals surface area contributed by atoms with Gasteiger partial charge in [0.1, 0.15) is 5.75 Å². The fourth-order valence-corrected chi connectivity index (χ4v) is 3.20. The normalized spacial score (nSPS) is 18.8. The average molecular weight is 312 g/mol. The Morgan fingerprint density at radius 3 is 2.74 bits per heavy atom. The summed E-state index contributed by atoms with van der Waals surface area (Å²) in [6.07, 6.45) is 2.29. The molecule has 23 heavy (non-hydrogen) atoms. The fraction of sp³-hybridized carbons (Fsp3) is 0.444. The van der Waals surface area contributed by atoms with Crippen molar-refractivity contribution in [3.8, 4) is 5.75 Å². The molecule has 1 aliphatic heterocycles. The smallest absolute Gasteiger partial charge is 0.223 e. The molecular formula is C18H24N4O. The molecule has 2 N–H and O–H groups in total. The number of nitrogens with zero attached hydrogens (tertiary/aromatic N) is 3. The number of nitrogens with one attached hydrogen (secondary N) is 1. The quantitative estimate of drug-likeness (QED) is 0.909. The van der Waals surface area contributed by atoms with Gasteiger partial charge in [0.2, 0.25) is 5.95 Å². The van der Waals surface area contributed by atoms with Crippen LogP contribution in [0.4, 0.5) is 5.95 Å². The van der Waals surface area contributed by atoms with Crippen molar-refractivity contribution in [2.75, 3.05) is 18.4 Å². The van der Waals surface area contributed by atoms with Gasteiger partial charge in [0, 0.05) is 30.5 Å². The van der Waals surface area contributed by atoms with Crippen molar-refractivity contribution < 1.29 is 5.11 Å². The third-order valence-corrected chi connectivity index (χ3v) is 4.14. The predicted octanol–water partition coefficient (Wildman–Crippen LogP) is 2.88. The van der Waals surface area contributed by atoms with Gasteiger partial charge < -0.3 is 10.4 Å². The summed E-state index contributed by atoms with van der Waals surface area (Å²) in [5, 5.41) is 13.1. The summed E-state index contributed by atoms with van der Waals surface area (Å²) in [5.41, 5.74) is 3.13. The molecule has 0 radical (unpaired) electrons. The Hall–Kier alpha value is -2.14. The second-order valence-electron chi connectivity index (χ2n) is 6.36. The number of likely N-dealkylation sites (tertiary alicyclic amines) is 1. The van der Waals surface area contributed by atoms with E-state index in [1.807, 2.05) is 32.0 Å². The Morgan fingerprint density at radius 2 is 2.00 bits per heavy atom. The molecular weight excluding hydrogens is 288 g/mol. The van der Waals surface area contributed by atoms with Crippen molar-refractivity contribution >= 4 is 5.95 Å². The van der Waals surface area contributed by atoms with Crippen LogP contribution in [0.1, 0.15) is 29.8 Å². The van der Waals surface area contributed by atoms with Gasteiger partial charge in [-0.05, 0) is 57.0 Å². The Morgan fingerprint density at radius 1 is 1.22 bits per heavy atom. The third-order valence-electron chi connectivity index (χ3n) is 4.14. The Labute approximate surface area is 137 Å². The van der Waals surface area contributed by atoms with Gasteiger partial charge in [0.25, 0.3) is 0 Å². The molecule has 3 rings (SSSR count). The molecule has 1 saturated heterocycles. The van der Waals surface area contributed by atoms with Crippen LogP contribution in [0, 0.1) is 13.8 Å². The van der Waals surface area contributed by atoms with Crippen LogP contribution in [0.2, 0.25) is 0 Å². The van der Waals surface area contributed by atoms with Crippen molar-refractivity contribution in [2.45, 2.75) is 39.3 Å². The molecule has 2 heterocycles. The fourth-order valence-electron chi connectivity index (χ4n) is 3.20. The number of hydrogen-bond acceptors (Lipinski definition) is 5. The highest BCUT2D eigenvalue weighted by Gasteiger charge is 2.20. The van der Waals surface area contributed by atoms with Gasteiger partial charge in [0.05, 0.1) is 0 Å². The van der Waals surface area contributed by atoms with Gasteiger partial charge in [-0.15, -0.1) is 0 Å². The van der Waals surface area contributed by atoms with E-state index in [-0.39, 0.29) is 0 Å². The monoisotopic (exact) mass is 312 g/mol. The van der Waals surface area contributed by atoms with Crippen molar-refractivity contribution in [2.24, 2.45) is 0 Å². The first kappa shape index (κ1) is 15.7. The Balaban J connectivity index is 1.61. The SMILES string of the molecule is Cc1cc(C)nc(NC2CCCN(Cc3cccc(O)c3)C2)n1. The third kappa shape index (κ3) is 4.42. The molecule has 1 fully saturated rings. The number of aryl methyl sites for hydroxylation is 2. The molecule has 0 aliphatic carbocycles. The maximum Gasteiger partial charge on any atom is 0.223 e. The van der Waals surface area contributed by atoms with Crippen molar-refractivity contribution in [3.05, 3.63) is 47.3 Å². The molecule has 2 aromatic rings. The van der Waals surface area contributed by atoms with E-state index in [0.29, 0.717) is 11.8 Å². The number of aromatic nitrogens is 2. The van der Waals surface area contributed by atoms with E-state index in [1.54, 1.807) is 6.07 Å². The van der Waals surface area contributed by atoms with E-state index >= 15 is 0 Å². The number of anilines is 1. The standard InChI is InChI=1S/C18H24N4O/c1-13-9-14(2)20-18(19-13)21-16-6-4-8-22(12-16)11-15-5-3-7-17(23)10-15/h3,5,7,9-10,16,23H,4,6,8,11-12H2,1-2H3,(H,19,20,21). The summed E-state index contributed by atoms with van der Waals surface area (Å²) in [6.45, 7) is 6.90. The lowest BCUT2D eigenvalue weighted by Gasteiger charge is -2.33. The summed E-state index contributed by atoms with van der Waals surface area (Å²) < 4.78 is 0. The van der Waals surface area contributed by atoms with E-state index in [4.69, 9.17) is 0 Å². The van der Waals surface area contributed by atoms with Crippen LogP contribution in [0.3, 0.4) is 0 Å². The second kappa shape index (κ2) is 6.96. The van der Waals surface area contributed by atoms with E-state index in [9.17, 15) is 5.11 Å². The van der Waals surface area contributed by atoms with Crippen molar-refractivity contribution in [3.63, 3.8) is 0 Å². The molecule has 1 aliphatic rings. The average Bonchev–Trinajstić information content (AvgIpc) is 2.46. The van der Waals surface area contributed by atoms with E-state index in [1.165, 1.54) is 0 Å². The molecule has 1 aromatic heterocycles. The lowest BCUT2D eigenvalue weighted by atomic mass is 10.0. The molecule has 122 valence electrons. The number of phenols is 1. The molecule has 0 saturated carbocycles. The second-order valence-corrected chi connectivity index (χ2v) is 6.36. The molecule has 1 unspecified atom stereocenters. The summed E-state index contributed by atoms with van der Waals surface area (Å²) in [4.78, 5) is 11.4. The van der Waals surface area contributed by atoms with Gasteiger partial charge in [-0.25, -0.2) is 9.97 Å². The number of benzene rings is 1. The zero-order chi connectivity index (χ0) is 16.2.